The zero-order chi connectivity index (χ0) is 26.3. The maximum atomic E-state index is 13.7. The van der Waals surface area contributed by atoms with E-state index in [4.69, 9.17) is 0 Å². The molecular formula is C28H28F3N3O2S. The summed E-state index contributed by atoms with van der Waals surface area (Å²) in [5.74, 6) is -0.510. The van der Waals surface area contributed by atoms with Crippen molar-refractivity contribution in [2.75, 3.05) is 38.0 Å². The number of hydrogen-bond donors (Lipinski definition) is 1. The van der Waals surface area contributed by atoms with Gasteiger partial charge in [-0.25, -0.2) is 0 Å². The third-order valence-corrected chi connectivity index (χ3v) is 7.35. The molecule has 1 heterocycles. The van der Waals surface area contributed by atoms with Crippen LogP contribution in [0.25, 0.3) is 0 Å². The summed E-state index contributed by atoms with van der Waals surface area (Å²) in [6, 6.07) is 24.4. The number of nitrogens with one attached hydrogen (secondary N) is 1. The van der Waals surface area contributed by atoms with Gasteiger partial charge in [0, 0.05) is 31.1 Å². The van der Waals surface area contributed by atoms with Crippen molar-refractivity contribution in [2.45, 2.75) is 22.7 Å². The molecule has 3 aromatic rings. The molecule has 1 fully saturated rings. The minimum Gasteiger partial charge on any atom is -0.340 e. The van der Waals surface area contributed by atoms with E-state index in [1.807, 2.05) is 70.5 Å². The van der Waals surface area contributed by atoms with Crippen LogP contribution in [-0.2, 0) is 15.8 Å². The lowest BCUT2D eigenvalue weighted by Gasteiger charge is -2.26. The Labute approximate surface area is 218 Å². The van der Waals surface area contributed by atoms with Crippen LogP contribution in [0.4, 0.5) is 18.9 Å². The van der Waals surface area contributed by atoms with Crippen molar-refractivity contribution in [1.29, 1.82) is 0 Å². The number of alkyl halides is 3. The van der Waals surface area contributed by atoms with Crippen LogP contribution in [-0.4, -0.2) is 54.3 Å². The smallest absolute Gasteiger partial charge is 0.340 e. The van der Waals surface area contributed by atoms with Crippen LogP contribution >= 0.6 is 11.8 Å². The second kappa shape index (κ2) is 12.3. The SMILES string of the molecule is O=C(CN1CCCN(C(=O)C(Sc2ccccc2)c2ccccc2)CC1)Nc1ccccc1C(F)(F)F. The fourth-order valence-electron chi connectivity index (χ4n) is 4.27. The molecule has 4 rings (SSSR count). The summed E-state index contributed by atoms with van der Waals surface area (Å²) in [4.78, 5) is 30.9. The van der Waals surface area contributed by atoms with E-state index in [2.05, 4.69) is 5.32 Å². The number of anilines is 1. The van der Waals surface area contributed by atoms with Gasteiger partial charge in [0.2, 0.25) is 11.8 Å². The van der Waals surface area contributed by atoms with Crippen molar-refractivity contribution < 1.29 is 22.8 Å². The van der Waals surface area contributed by atoms with Crippen LogP contribution in [0.15, 0.2) is 89.8 Å². The summed E-state index contributed by atoms with van der Waals surface area (Å²) >= 11 is 1.51. The van der Waals surface area contributed by atoms with E-state index in [0.29, 0.717) is 32.6 Å². The lowest BCUT2D eigenvalue weighted by atomic mass is 10.1. The van der Waals surface area contributed by atoms with Gasteiger partial charge in [0.05, 0.1) is 17.8 Å². The zero-order valence-electron chi connectivity index (χ0n) is 20.2. The van der Waals surface area contributed by atoms with Crippen LogP contribution in [0.2, 0.25) is 0 Å². The first-order chi connectivity index (χ1) is 17.8. The van der Waals surface area contributed by atoms with E-state index >= 15 is 0 Å². The number of para-hydroxylation sites is 1. The number of benzene rings is 3. The van der Waals surface area contributed by atoms with E-state index in [9.17, 15) is 22.8 Å². The number of hydrogen-bond acceptors (Lipinski definition) is 4. The van der Waals surface area contributed by atoms with Gasteiger partial charge >= 0.3 is 6.18 Å². The van der Waals surface area contributed by atoms with Gasteiger partial charge in [-0.1, -0.05) is 60.7 Å². The molecule has 3 aromatic carbocycles. The molecule has 0 bridgehead atoms. The maximum Gasteiger partial charge on any atom is 0.418 e. The van der Waals surface area contributed by atoms with Crippen molar-refractivity contribution in [2.24, 2.45) is 0 Å². The van der Waals surface area contributed by atoms with Crippen LogP contribution < -0.4 is 5.32 Å². The molecule has 1 atom stereocenters. The minimum absolute atomic E-state index is 0.00505. The van der Waals surface area contributed by atoms with Gasteiger partial charge in [0.25, 0.3) is 0 Å². The van der Waals surface area contributed by atoms with Crippen LogP contribution in [0.5, 0.6) is 0 Å². The van der Waals surface area contributed by atoms with Crippen molar-refractivity contribution in [3.05, 3.63) is 96.1 Å². The molecule has 2 amide bonds. The minimum atomic E-state index is -4.56. The highest BCUT2D eigenvalue weighted by atomic mass is 32.2. The number of carbonyl (C=O) groups excluding carboxylic acids is 2. The normalized spacial score (nSPS) is 15.6. The number of rotatable bonds is 7. The number of carbonyl (C=O) groups is 2. The van der Waals surface area contributed by atoms with Crippen LogP contribution in [0, 0.1) is 0 Å². The van der Waals surface area contributed by atoms with Gasteiger partial charge in [-0.05, 0) is 36.2 Å². The molecule has 1 aliphatic heterocycles. The summed E-state index contributed by atoms with van der Waals surface area (Å²) in [5, 5.41) is 2.00. The highest BCUT2D eigenvalue weighted by Gasteiger charge is 2.34. The predicted octanol–water partition coefficient (Wildman–Crippen LogP) is 5.71. The predicted molar refractivity (Wildman–Crippen MR) is 139 cm³/mol. The fourth-order valence-corrected chi connectivity index (χ4v) is 5.40. The highest BCUT2D eigenvalue weighted by molar-refractivity contribution is 8.00. The summed E-state index contributed by atoms with van der Waals surface area (Å²) in [7, 11) is 0. The molecule has 5 nitrogen and oxygen atoms in total. The molecule has 9 heteroatoms. The monoisotopic (exact) mass is 527 g/mol. The van der Waals surface area contributed by atoms with Gasteiger partial charge in [0.1, 0.15) is 5.25 Å². The summed E-state index contributed by atoms with van der Waals surface area (Å²) < 4.78 is 39.8. The lowest BCUT2D eigenvalue weighted by Crippen LogP contribution is -2.39. The van der Waals surface area contributed by atoms with Crippen molar-refractivity contribution in [1.82, 2.24) is 9.80 Å². The molecule has 0 saturated carbocycles. The molecular weight excluding hydrogens is 499 g/mol. The second-order valence-electron chi connectivity index (χ2n) is 8.77. The third-order valence-electron chi connectivity index (χ3n) is 6.10. The molecule has 37 heavy (non-hydrogen) atoms. The van der Waals surface area contributed by atoms with E-state index in [-0.39, 0.29) is 18.1 Å². The largest absolute Gasteiger partial charge is 0.418 e. The Morgan fingerprint density at radius 1 is 0.838 bits per heavy atom. The molecule has 1 N–H and O–H groups in total. The van der Waals surface area contributed by atoms with E-state index in [1.165, 1.54) is 30.0 Å². The molecule has 1 aliphatic rings. The first kappa shape index (κ1) is 26.8. The van der Waals surface area contributed by atoms with E-state index in [0.717, 1.165) is 16.5 Å². The Morgan fingerprint density at radius 3 is 2.19 bits per heavy atom. The zero-order valence-corrected chi connectivity index (χ0v) is 21.0. The van der Waals surface area contributed by atoms with Crippen LogP contribution in [0.1, 0.15) is 22.8 Å². The first-order valence-corrected chi connectivity index (χ1v) is 12.9. The molecule has 0 aromatic heterocycles. The van der Waals surface area contributed by atoms with Crippen molar-refractivity contribution in [3.8, 4) is 0 Å². The standard InChI is InChI=1S/C28H28F3N3O2S/c29-28(30,31)23-14-7-8-15-24(23)32-25(35)20-33-16-9-17-34(19-18-33)27(36)26(21-10-3-1-4-11-21)37-22-12-5-2-6-13-22/h1-8,10-15,26H,9,16-20H2,(H,32,35). The van der Waals surface area contributed by atoms with Gasteiger partial charge < -0.3 is 10.2 Å². The molecule has 1 saturated heterocycles. The van der Waals surface area contributed by atoms with Gasteiger partial charge in [-0.3, -0.25) is 14.5 Å². The fraction of sp³-hybridized carbons (Fsp3) is 0.286. The molecule has 1 unspecified atom stereocenters. The topological polar surface area (TPSA) is 52.7 Å². The average Bonchev–Trinajstić information content (AvgIpc) is 3.13. The molecule has 0 aliphatic carbocycles. The number of amides is 2. The van der Waals surface area contributed by atoms with E-state index in [1.54, 1.807) is 0 Å². The number of halogens is 3. The first-order valence-electron chi connectivity index (χ1n) is 12.0. The van der Waals surface area contributed by atoms with E-state index < -0.39 is 22.9 Å². The Kier molecular flexibility index (Phi) is 8.89. The van der Waals surface area contributed by atoms with Crippen molar-refractivity contribution in [3.63, 3.8) is 0 Å². The van der Waals surface area contributed by atoms with Gasteiger partial charge in [0.15, 0.2) is 0 Å². The summed E-state index contributed by atoms with van der Waals surface area (Å²) in [6.07, 6.45) is -3.89. The number of nitrogens with zero attached hydrogens (tertiary/aromatic N) is 2. The van der Waals surface area contributed by atoms with Gasteiger partial charge in [-0.15, -0.1) is 11.8 Å². The second-order valence-corrected chi connectivity index (χ2v) is 9.95. The maximum absolute atomic E-state index is 13.7. The average molecular weight is 528 g/mol. The van der Waals surface area contributed by atoms with Crippen LogP contribution in [0.3, 0.4) is 0 Å². The molecule has 0 spiro atoms. The van der Waals surface area contributed by atoms with Gasteiger partial charge in [-0.2, -0.15) is 13.2 Å². The molecule has 0 radical (unpaired) electrons. The lowest BCUT2D eigenvalue weighted by molar-refractivity contribution is -0.137. The van der Waals surface area contributed by atoms with Crippen molar-refractivity contribution >= 4 is 29.3 Å². The Balaban J connectivity index is 1.39. The quantitative estimate of drug-likeness (QED) is 0.400. The summed E-state index contributed by atoms with van der Waals surface area (Å²) in [5.41, 5.74) is -0.209. The molecule has 194 valence electrons. The number of thioether (sulfide) groups is 1. The third kappa shape index (κ3) is 7.36. The Morgan fingerprint density at radius 2 is 1.49 bits per heavy atom. The Bertz CT molecular complexity index is 1190. The summed E-state index contributed by atoms with van der Waals surface area (Å²) in [6.45, 7) is 1.96. The highest BCUT2D eigenvalue weighted by Crippen LogP contribution is 2.37. The Hall–Kier alpha value is -3.30.